The first-order valence-corrected chi connectivity index (χ1v) is 10.2. The fraction of sp³-hybridized carbons (Fsp3) is 0.714. The zero-order valence-corrected chi connectivity index (χ0v) is 16.0. The molecular formula is C14H21N6O7P. The van der Waals surface area contributed by atoms with Crippen LogP contribution in [-0.4, -0.2) is 64.2 Å². The van der Waals surface area contributed by atoms with E-state index in [1.54, 1.807) is 6.92 Å². The number of aromatic amines is 1. The van der Waals surface area contributed by atoms with E-state index >= 15 is 0 Å². The van der Waals surface area contributed by atoms with E-state index in [0.29, 0.717) is 18.8 Å². The van der Waals surface area contributed by atoms with Crippen molar-refractivity contribution in [1.82, 2.24) is 14.2 Å². The molecule has 2 fully saturated rings. The maximum Gasteiger partial charge on any atom is 0.405 e. The topological polar surface area (TPSA) is 172 Å². The Bertz CT molecular complexity index is 919. The van der Waals surface area contributed by atoms with Crippen molar-refractivity contribution in [2.45, 2.75) is 31.7 Å². The minimum absolute atomic E-state index is 0.150. The zero-order chi connectivity index (χ0) is 20.3. The summed E-state index contributed by atoms with van der Waals surface area (Å²) >= 11 is 0. The molecule has 0 saturated carbocycles. The van der Waals surface area contributed by atoms with Crippen molar-refractivity contribution < 1.29 is 23.5 Å². The quantitative estimate of drug-likeness (QED) is 0.288. The minimum Gasteiger partial charge on any atom is -0.379 e. The molecule has 2 saturated heterocycles. The van der Waals surface area contributed by atoms with Gasteiger partial charge in [-0.2, -0.15) is 0 Å². The molecule has 2 aliphatic rings. The van der Waals surface area contributed by atoms with E-state index < -0.39 is 37.4 Å². The fourth-order valence-electron chi connectivity index (χ4n) is 3.08. The van der Waals surface area contributed by atoms with E-state index in [4.69, 9.17) is 19.5 Å². The Labute approximate surface area is 159 Å². The van der Waals surface area contributed by atoms with Gasteiger partial charge < -0.3 is 14.4 Å². The molecule has 154 valence electrons. The number of aromatic nitrogens is 2. The van der Waals surface area contributed by atoms with Gasteiger partial charge in [-0.25, -0.2) is 14.0 Å². The third kappa shape index (κ3) is 4.53. The van der Waals surface area contributed by atoms with Crippen LogP contribution in [0.15, 0.2) is 20.9 Å². The normalized spacial score (nSPS) is 27.9. The van der Waals surface area contributed by atoms with Gasteiger partial charge in [0.2, 0.25) is 0 Å². The van der Waals surface area contributed by atoms with Gasteiger partial charge >= 0.3 is 13.4 Å². The van der Waals surface area contributed by atoms with Crippen LogP contribution in [0.3, 0.4) is 0 Å². The molecule has 13 nitrogen and oxygen atoms in total. The first-order valence-electron chi connectivity index (χ1n) is 8.64. The lowest BCUT2D eigenvalue weighted by molar-refractivity contribution is -0.0277. The molecule has 4 atom stereocenters. The van der Waals surface area contributed by atoms with Gasteiger partial charge in [-0.1, -0.05) is 5.11 Å². The van der Waals surface area contributed by atoms with Crippen LogP contribution in [0, 0.1) is 6.92 Å². The van der Waals surface area contributed by atoms with Crippen molar-refractivity contribution in [1.29, 1.82) is 0 Å². The van der Waals surface area contributed by atoms with Gasteiger partial charge in [0.05, 0.1) is 32.0 Å². The Kier molecular flexibility index (Phi) is 6.36. The third-order valence-electron chi connectivity index (χ3n) is 4.61. The zero-order valence-electron chi connectivity index (χ0n) is 15.1. The summed E-state index contributed by atoms with van der Waals surface area (Å²) in [6, 6.07) is -0.709. The largest absolute Gasteiger partial charge is 0.405 e. The number of nitrogens with one attached hydrogen (secondary N) is 1. The van der Waals surface area contributed by atoms with Crippen molar-refractivity contribution in [3.05, 3.63) is 43.0 Å². The number of morpholine rings is 1. The van der Waals surface area contributed by atoms with Crippen LogP contribution >= 0.6 is 7.75 Å². The SMILES string of the molecule is Cc1cn(C2CC(N=[N+]=[N-])C(COP(=O)(O)N3CCOCC3)O2)c(=O)[nH]c1=O. The van der Waals surface area contributed by atoms with Crippen molar-refractivity contribution in [3.63, 3.8) is 0 Å². The number of H-pyrrole nitrogens is 1. The third-order valence-corrected chi connectivity index (χ3v) is 6.21. The first kappa shape index (κ1) is 20.7. The molecule has 3 heterocycles. The molecule has 1 aromatic rings. The highest BCUT2D eigenvalue weighted by Crippen LogP contribution is 2.47. The molecule has 0 aliphatic carbocycles. The standard InChI is InChI=1S/C14H21N6O7P/c1-9-7-20(14(22)16-13(9)21)12-6-10(17-18-15)11(27-12)8-26-28(23,24)19-2-4-25-5-3-19/h7,10-12H,2-6,8H2,1H3,(H,23,24)(H,16,21,22). The summed E-state index contributed by atoms with van der Waals surface area (Å²) in [5.41, 5.74) is 7.94. The summed E-state index contributed by atoms with van der Waals surface area (Å²) in [5, 5.41) is 3.65. The Hall–Kier alpha value is -1.98. The number of ether oxygens (including phenoxy) is 2. The molecular weight excluding hydrogens is 395 g/mol. The average Bonchev–Trinajstić information content (AvgIpc) is 3.07. The molecule has 0 amide bonds. The van der Waals surface area contributed by atoms with E-state index in [0.717, 1.165) is 0 Å². The first-order chi connectivity index (χ1) is 13.3. The van der Waals surface area contributed by atoms with E-state index in [1.807, 2.05) is 0 Å². The number of aryl methyl sites for hydroxylation is 1. The highest BCUT2D eigenvalue weighted by Gasteiger charge is 2.39. The minimum atomic E-state index is -4.06. The van der Waals surface area contributed by atoms with E-state index in [-0.39, 0.29) is 26.1 Å². The monoisotopic (exact) mass is 416 g/mol. The van der Waals surface area contributed by atoms with Gasteiger partial charge in [0.25, 0.3) is 5.56 Å². The van der Waals surface area contributed by atoms with Gasteiger partial charge in [-0.3, -0.25) is 18.9 Å². The van der Waals surface area contributed by atoms with Crippen LogP contribution in [0.2, 0.25) is 0 Å². The summed E-state index contributed by atoms with van der Waals surface area (Å²) in [6.07, 6.45) is -0.140. The van der Waals surface area contributed by atoms with Crippen molar-refractivity contribution in [2.24, 2.45) is 5.11 Å². The van der Waals surface area contributed by atoms with E-state index in [2.05, 4.69) is 15.0 Å². The molecule has 14 heteroatoms. The summed E-state index contributed by atoms with van der Waals surface area (Å²) in [6.45, 7) is 2.40. The molecule has 2 N–H and O–H groups in total. The van der Waals surface area contributed by atoms with Gasteiger partial charge in [0.1, 0.15) is 6.23 Å². The fourth-order valence-corrected chi connectivity index (χ4v) is 4.26. The van der Waals surface area contributed by atoms with Crippen LogP contribution < -0.4 is 11.2 Å². The summed E-state index contributed by atoms with van der Waals surface area (Å²) < 4.78 is 31.0. The van der Waals surface area contributed by atoms with Crippen LogP contribution in [0.5, 0.6) is 0 Å². The van der Waals surface area contributed by atoms with E-state index in [9.17, 15) is 19.0 Å². The number of hydrogen-bond acceptors (Lipinski definition) is 7. The second-order valence-electron chi connectivity index (χ2n) is 6.47. The molecule has 28 heavy (non-hydrogen) atoms. The summed E-state index contributed by atoms with van der Waals surface area (Å²) in [5.74, 6) is 0. The van der Waals surface area contributed by atoms with Gasteiger partial charge in [0.15, 0.2) is 0 Å². The highest BCUT2D eigenvalue weighted by molar-refractivity contribution is 7.50. The van der Waals surface area contributed by atoms with Crippen LogP contribution in [-0.2, 0) is 18.6 Å². The molecule has 0 bridgehead atoms. The second kappa shape index (κ2) is 8.58. The predicted octanol–water partition coefficient (Wildman–Crippen LogP) is 0.261. The van der Waals surface area contributed by atoms with Crippen molar-refractivity contribution in [3.8, 4) is 0 Å². The van der Waals surface area contributed by atoms with E-state index in [1.165, 1.54) is 15.4 Å². The number of azide groups is 1. The Morgan fingerprint density at radius 2 is 2.18 bits per heavy atom. The molecule has 0 spiro atoms. The average molecular weight is 416 g/mol. The van der Waals surface area contributed by atoms with Crippen LogP contribution in [0.4, 0.5) is 0 Å². The van der Waals surface area contributed by atoms with Crippen molar-refractivity contribution >= 4 is 7.75 Å². The molecule has 0 aromatic carbocycles. The Morgan fingerprint density at radius 3 is 2.86 bits per heavy atom. The molecule has 4 unspecified atom stereocenters. The van der Waals surface area contributed by atoms with Crippen LogP contribution in [0.25, 0.3) is 10.4 Å². The lowest BCUT2D eigenvalue weighted by Gasteiger charge is -2.30. The molecule has 2 aliphatic heterocycles. The number of hydrogen-bond donors (Lipinski definition) is 2. The van der Waals surface area contributed by atoms with Crippen molar-refractivity contribution in [2.75, 3.05) is 32.9 Å². The molecule has 3 rings (SSSR count). The molecule has 0 radical (unpaired) electrons. The maximum atomic E-state index is 12.4. The smallest absolute Gasteiger partial charge is 0.379 e. The van der Waals surface area contributed by atoms with Crippen LogP contribution in [0.1, 0.15) is 18.2 Å². The predicted molar refractivity (Wildman–Crippen MR) is 95.7 cm³/mol. The van der Waals surface area contributed by atoms with Gasteiger partial charge in [-0.05, 0) is 12.5 Å². The van der Waals surface area contributed by atoms with Gasteiger partial charge in [-0.15, -0.1) is 0 Å². The highest BCUT2D eigenvalue weighted by atomic mass is 31.2. The summed E-state index contributed by atoms with van der Waals surface area (Å²) in [7, 11) is -4.06. The van der Waals surface area contributed by atoms with Gasteiger partial charge in [0, 0.05) is 36.2 Å². The lowest BCUT2D eigenvalue weighted by atomic mass is 10.1. The lowest BCUT2D eigenvalue weighted by Crippen LogP contribution is -2.35. The second-order valence-corrected chi connectivity index (χ2v) is 8.27. The Balaban J connectivity index is 1.73. The molecule has 1 aromatic heterocycles. The maximum absolute atomic E-state index is 12.4. The number of nitrogens with zero attached hydrogens (tertiary/aromatic N) is 5. The number of rotatable bonds is 6. The Morgan fingerprint density at radius 1 is 1.46 bits per heavy atom. The summed E-state index contributed by atoms with van der Waals surface area (Å²) in [4.78, 5) is 38.7.